The van der Waals surface area contributed by atoms with E-state index in [9.17, 15) is 24.3 Å². The lowest BCUT2D eigenvalue weighted by Gasteiger charge is -2.49. The van der Waals surface area contributed by atoms with Crippen LogP contribution in [0, 0.1) is 0 Å². The predicted octanol–water partition coefficient (Wildman–Crippen LogP) is 2.85. The summed E-state index contributed by atoms with van der Waals surface area (Å²) in [5.41, 5.74) is 0.0215. The number of fused-ring (bicyclic) bond motifs is 1. The number of hydrogen-bond acceptors (Lipinski definition) is 7. The molecule has 13 heteroatoms. The van der Waals surface area contributed by atoms with Gasteiger partial charge in [-0.1, -0.05) is 34.8 Å². The van der Waals surface area contributed by atoms with Crippen LogP contribution in [0.25, 0.3) is 5.57 Å². The molecule has 8 nitrogen and oxygen atoms in total. The molecule has 2 atom stereocenters. The smallest absolute Gasteiger partial charge is 0.352 e. The van der Waals surface area contributed by atoms with Crippen molar-refractivity contribution >= 4 is 87.2 Å². The Morgan fingerprint density at radius 3 is 2.57 bits per heavy atom. The first-order valence-electron chi connectivity index (χ1n) is 8.27. The van der Waals surface area contributed by atoms with E-state index in [0.29, 0.717) is 14.8 Å². The van der Waals surface area contributed by atoms with Crippen molar-refractivity contribution in [1.82, 2.24) is 10.2 Å². The lowest BCUT2D eigenvalue weighted by molar-refractivity contribution is -0.150. The summed E-state index contributed by atoms with van der Waals surface area (Å²) < 4.78 is 5.01. The normalized spacial score (nSPS) is 20.3. The van der Waals surface area contributed by atoms with E-state index in [1.54, 1.807) is 12.1 Å². The fourth-order valence-corrected chi connectivity index (χ4v) is 5.84. The van der Waals surface area contributed by atoms with Crippen LogP contribution in [0.2, 0.25) is 4.34 Å². The van der Waals surface area contributed by atoms with E-state index in [2.05, 4.69) is 5.32 Å². The third-order valence-corrected chi connectivity index (χ3v) is 7.19. The number of thiophene rings is 1. The van der Waals surface area contributed by atoms with Gasteiger partial charge >= 0.3 is 11.9 Å². The number of carbonyl (C=O) groups excluding carboxylic acids is 3. The van der Waals surface area contributed by atoms with Crippen molar-refractivity contribution < 1.29 is 29.0 Å². The van der Waals surface area contributed by atoms with Gasteiger partial charge in [-0.05, 0) is 12.1 Å². The first kappa shape index (κ1) is 23.0. The molecule has 0 spiro atoms. The predicted molar refractivity (Wildman–Crippen MR) is 114 cm³/mol. The third kappa shape index (κ3) is 4.47. The maximum Gasteiger partial charge on any atom is 0.352 e. The van der Waals surface area contributed by atoms with E-state index in [-0.39, 0.29) is 28.1 Å². The number of halogens is 3. The monoisotopic (exact) mass is 510 g/mol. The van der Waals surface area contributed by atoms with Gasteiger partial charge in [0.25, 0.3) is 11.8 Å². The summed E-state index contributed by atoms with van der Waals surface area (Å²) in [5, 5.41) is 11.5. The molecule has 0 radical (unpaired) electrons. The van der Waals surface area contributed by atoms with E-state index >= 15 is 0 Å². The molecular weight excluding hydrogens is 499 g/mol. The number of carbonyl (C=O) groups is 4. The SMILES string of the molecule is CC(=O)OCC1=C(C(=O)O)N2C(=O)C(NC(=O)C(=C(Cl)Cl)c3ccc(Cl)s3)[C@@H]2SC1. The lowest BCUT2D eigenvalue weighted by atomic mass is 10.0. The Kier molecular flexibility index (Phi) is 7.03. The summed E-state index contributed by atoms with van der Waals surface area (Å²) in [6.07, 6.45) is 0. The number of aliphatic carboxylic acids is 1. The first-order chi connectivity index (χ1) is 14.1. The van der Waals surface area contributed by atoms with E-state index in [4.69, 9.17) is 39.5 Å². The van der Waals surface area contributed by atoms with Crippen molar-refractivity contribution in [2.75, 3.05) is 12.4 Å². The highest BCUT2D eigenvalue weighted by atomic mass is 35.5. The number of esters is 1. The van der Waals surface area contributed by atoms with Gasteiger partial charge in [0.15, 0.2) is 0 Å². The number of rotatable bonds is 6. The lowest BCUT2D eigenvalue weighted by Crippen LogP contribution is -2.70. The summed E-state index contributed by atoms with van der Waals surface area (Å²) in [7, 11) is 0. The van der Waals surface area contributed by atoms with Crippen LogP contribution < -0.4 is 5.32 Å². The van der Waals surface area contributed by atoms with Gasteiger partial charge in [0.2, 0.25) is 0 Å². The van der Waals surface area contributed by atoms with E-state index in [0.717, 1.165) is 16.2 Å². The van der Waals surface area contributed by atoms with Crippen LogP contribution in [0.5, 0.6) is 0 Å². The van der Waals surface area contributed by atoms with Crippen molar-refractivity contribution in [3.63, 3.8) is 0 Å². The van der Waals surface area contributed by atoms with Crippen LogP contribution in [-0.2, 0) is 23.9 Å². The van der Waals surface area contributed by atoms with Crippen molar-refractivity contribution in [2.45, 2.75) is 18.3 Å². The van der Waals surface area contributed by atoms with Gasteiger partial charge in [0, 0.05) is 23.1 Å². The van der Waals surface area contributed by atoms with Crippen LogP contribution in [0.1, 0.15) is 11.8 Å². The van der Waals surface area contributed by atoms with Crippen LogP contribution >= 0.6 is 57.9 Å². The molecule has 3 heterocycles. The number of nitrogens with zero attached hydrogens (tertiary/aromatic N) is 1. The minimum absolute atomic E-state index is 0.0353. The molecule has 1 aromatic rings. The maximum absolute atomic E-state index is 12.7. The molecule has 0 aliphatic carbocycles. The van der Waals surface area contributed by atoms with Crippen LogP contribution in [0.15, 0.2) is 27.9 Å². The minimum atomic E-state index is -1.32. The molecule has 1 unspecified atom stereocenters. The van der Waals surface area contributed by atoms with Gasteiger partial charge in [-0.15, -0.1) is 23.1 Å². The molecule has 160 valence electrons. The number of carboxylic acid groups (broad SMARTS) is 1. The molecule has 0 saturated carbocycles. The third-order valence-electron chi connectivity index (χ3n) is 4.22. The molecule has 3 rings (SSSR count). The number of amides is 2. The topological polar surface area (TPSA) is 113 Å². The molecule has 0 bridgehead atoms. The van der Waals surface area contributed by atoms with Crippen molar-refractivity contribution in [3.05, 3.63) is 37.1 Å². The standard InChI is InChI=1S/C17H13Cl3N2O6S2/c1-6(23)28-4-7-5-29-16-11(15(25)22(16)12(7)17(26)27)21-14(24)10(13(19)20)8-2-3-9(18)30-8/h2-3,11,16H,4-5H2,1H3,(H,21,24)(H,26,27)/t11?,16-/m0/s1. The van der Waals surface area contributed by atoms with Crippen molar-refractivity contribution in [2.24, 2.45) is 0 Å². The second-order valence-electron chi connectivity index (χ2n) is 6.14. The summed E-state index contributed by atoms with van der Waals surface area (Å²) in [5.74, 6) is -2.95. The fourth-order valence-electron chi connectivity index (χ4n) is 2.94. The number of thioether (sulfide) groups is 1. The van der Waals surface area contributed by atoms with Crippen molar-refractivity contribution in [1.29, 1.82) is 0 Å². The number of nitrogens with one attached hydrogen (secondary N) is 1. The first-order valence-corrected chi connectivity index (χ1v) is 11.3. The van der Waals surface area contributed by atoms with Gasteiger partial charge < -0.3 is 15.2 Å². The summed E-state index contributed by atoms with van der Waals surface area (Å²) in [6, 6.07) is 2.18. The average Bonchev–Trinajstić information content (AvgIpc) is 3.08. The van der Waals surface area contributed by atoms with Gasteiger partial charge in [0.1, 0.15) is 28.2 Å². The van der Waals surface area contributed by atoms with Crippen LogP contribution in [-0.4, -0.2) is 57.5 Å². The zero-order valence-corrected chi connectivity index (χ0v) is 19.0. The number of carboxylic acids is 1. The zero-order valence-electron chi connectivity index (χ0n) is 15.1. The zero-order chi connectivity index (χ0) is 22.2. The molecule has 1 saturated heterocycles. The van der Waals surface area contributed by atoms with Gasteiger partial charge in [-0.25, -0.2) is 4.79 Å². The Balaban J connectivity index is 1.79. The number of hydrogen-bond donors (Lipinski definition) is 2. The van der Waals surface area contributed by atoms with Gasteiger partial charge in [-0.2, -0.15) is 0 Å². The summed E-state index contributed by atoms with van der Waals surface area (Å²) in [6.45, 7) is 0.972. The van der Waals surface area contributed by atoms with E-state index in [1.165, 1.54) is 18.7 Å². The number of ether oxygens (including phenoxy) is 1. The average molecular weight is 512 g/mol. The van der Waals surface area contributed by atoms with Gasteiger partial charge in [0.05, 0.1) is 9.91 Å². The molecular formula is C17H13Cl3N2O6S2. The Bertz CT molecular complexity index is 1000. The van der Waals surface area contributed by atoms with E-state index < -0.39 is 35.2 Å². The second kappa shape index (κ2) is 9.19. The second-order valence-corrected chi connectivity index (χ2v) is 9.91. The quantitative estimate of drug-likeness (QED) is 0.343. The highest BCUT2D eigenvalue weighted by molar-refractivity contribution is 8.00. The van der Waals surface area contributed by atoms with Gasteiger partial charge in [-0.3, -0.25) is 19.3 Å². The molecule has 30 heavy (non-hydrogen) atoms. The van der Waals surface area contributed by atoms with Crippen LogP contribution in [0.3, 0.4) is 0 Å². The van der Waals surface area contributed by atoms with E-state index in [1.807, 2.05) is 0 Å². The Labute approximate surface area is 193 Å². The molecule has 2 aliphatic rings. The summed E-state index contributed by atoms with van der Waals surface area (Å²) >= 11 is 20.0. The summed E-state index contributed by atoms with van der Waals surface area (Å²) in [4.78, 5) is 49.6. The molecule has 2 amide bonds. The number of β-lactam (4-membered cyclic amide) rings is 1. The Hall–Kier alpha value is -1.72. The Morgan fingerprint density at radius 1 is 1.33 bits per heavy atom. The molecule has 2 aliphatic heterocycles. The molecule has 1 aromatic heterocycles. The Morgan fingerprint density at radius 2 is 2.03 bits per heavy atom. The van der Waals surface area contributed by atoms with Crippen molar-refractivity contribution in [3.8, 4) is 0 Å². The molecule has 0 aromatic carbocycles. The fraction of sp³-hybridized carbons (Fsp3) is 0.294. The molecule has 1 fully saturated rings. The highest BCUT2D eigenvalue weighted by Gasteiger charge is 2.54. The molecule has 2 N–H and O–H groups in total. The highest BCUT2D eigenvalue weighted by Crippen LogP contribution is 2.41. The maximum atomic E-state index is 12.7. The largest absolute Gasteiger partial charge is 0.477 e. The minimum Gasteiger partial charge on any atom is -0.477 e. The van der Waals surface area contributed by atoms with Crippen LogP contribution in [0.4, 0.5) is 0 Å².